The van der Waals surface area contributed by atoms with Crippen LogP contribution in [0.3, 0.4) is 0 Å². The van der Waals surface area contributed by atoms with Crippen molar-refractivity contribution < 1.29 is 27.5 Å². The molecule has 238 valence electrons. The second-order valence-electron chi connectivity index (χ2n) is 11.1. The third-order valence-corrected chi connectivity index (χ3v) is 9.31. The zero-order chi connectivity index (χ0) is 32.6. The van der Waals surface area contributed by atoms with Crippen molar-refractivity contribution in [2.75, 3.05) is 25.1 Å². The molecule has 44 heavy (non-hydrogen) atoms. The summed E-state index contributed by atoms with van der Waals surface area (Å²) in [5.41, 5.74) is 3.89. The van der Waals surface area contributed by atoms with E-state index in [1.807, 2.05) is 71.9 Å². The molecule has 1 N–H and O–H groups in total. The Morgan fingerprint density at radius 2 is 1.50 bits per heavy atom. The van der Waals surface area contributed by atoms with E-state index < -0.39 is 28.5 Å². The van der Waals surface area contributed by atoms with E-state index in [0.717, 1.165) is 33.0 Å². The van der Waals surface area contributed by atoms with E-state index in [4.69, 9.17) is 9.47 Å². The van der Waals surface area contributed by atoms with Crippen molar-refractivity contribution in [2.45, 2.75) is 77.9 Å². The Hall–Kier alpha value is -4.05. The van der Waals surface area contributed by atoms with Crippen LogP contribution >= 0.6 is 0 Å². The highest BCUT2D eigenvalue weighted by atomic mass is 32.2. The number of methoxy groups -OCH3 is 2. The van der Waals surface area contributed by atoms with Crippen LogP contribution < -0.4 is 19.1 Å². The summed E-state index contributed by atoms with van der Waals surface area (Å²) in [6, 6.07) is 16.6. The minimum Gasteiger partial charge on any atom is -0.493 e. The lowest BCUT2D eigenvalue weighted by Gasteiger charge is -2.34. The highest BCUT2D eigenvalue weighted by molar-refractivity contribution is 7.92. The molecule has 0 radical (unpaired) electrons. The molecule has 0 unspecified atom stereocenters. The molecule has 3 aromatic carbocycles. The molecule has 0 aromatic heterocycles. The van der Waals surface area contributed by atoms with Crippen LogP contribution in [-0.2, 0) is 26.2 Å². The minimum atomic E-state index is -4.28. The van der Waals surface area contributed by atoms with Crippen LogP contribution in [0.25, 0.3) is 0 Å². The topological polar surface area (TPSA) is 105 Å². The summed E-state index contributed by atoms with van der Waals surface area (Å²) in [5, 5.41) is 3.00. The molecule has 0 aliphatic carbocycles. The number of nitrogens with one attached hydrogen (secondary N) is 1. The van der Waals surface area contributed by atoms with Gasteiger partial charge in [0.1, 0.15) is 12.6 Å². The maximum Gasteiger partial charge on any atom is 0.264 e. The van der Waals surface area contributed by atoms with Crippen molar-refractivity contribution >= 4 is 27.5 Å². The third-order valence-electron chi connectivity index (χ3n) is 7.54. The summed E-state index contributed by atoms with van der Waals surface area (Å²) in [4.78, 5) is 29.3. The first-order valence-corrected chi connectivity index (χ1v) is 16.3. The Labute approximate surface area is 262 Å². The Morgan fingerprint density at radius 3 is 2.07 bits per heavy atom. The lowest BCUT2D eigenvalue weighted by atomic mass is 10.1. The molecule has 2 atom stereocenters. The molecule has 0 saturated carbocycles. The van der Waals surface area contributed by atoms with Crippen LogP contribution in [-0.4, -0.2) is 58.0 Å². The van der Waals surface area contributed by atoms with Crippen molar-refractivity contribution in [3.63, 3.8) is 0 Å². The van der Waals surface area contributed by atoms with E-state index in [-0.39, 0.29) is 29.1 Å². The fraction of sp³-hybridized carbons (Fsp3) is 0.412. The zero-order valence-corrected chi connectivity index (χ0v) is 27.8. The Balaban J connectivity index is 2.14. The van der Waals surface area contributed by atoms with E-state index in [9.17, 15) is 18.0 Å². The lowest BCUT2D eigenvalue weighted by molar-refractivity contribution is -0.140. The van der Waals surface area contributed by atoms with Crippen molar-refractivity contribution in [1.82, 2.24) is 10.2 Å². The molecule has 0 aliphatic heterocycles. The number of aryl methyl sites for hydroxylation is 3. The van der Waals surface area contributed by atoms with Crippen LogP contribution in [0.1, 0.15) is 55.9 Å². The maximum atomic E-state index is 14.3. The largest absolute Gasteiger partial charge is 0.493 e. The molecular weight excluding hydrogens is 578 g/mol. The first kappa shape index (κ1) is 34.4. The average molecular weight is 624 g/mol. The average Bonchev–Trinajstić information content (AvgIpc) is 2.98. The summed E-state index contributed by atoms with van der Waals surface area (Å²) >= 11 is 0. The number of sulfonamides is 1. The first-order chi connectivity index (χ1) is 20.8. The van der Waals surface area contributed by atoms with Crippen LogP contribution in [0, 0.1) is 20.8 Å². The number of anilines is 1. The van der Waals surface area contributed by atoms with Crippen LogP contribution in [0.15, 0.2) is 65.6 Å². The van der Waals surface area contributed by atoms with E-state index >= 15 is 0 Å². The van der Waals surface area contributed by atoms with Gasteiger partial charge in [-0.25, -0.2) is 8.42 Å². The minimum absolute atomic E-state index is 0.0612. The molecule has 0 saturated heterocycles. The Morgan fingerprint density at radius 1 is 0.841 bits per heavy atom. The first-order valence-electron chi connectivity index (χ1n) is 14.8. The van der Waals surface area contributed by atoms with Crippen LogP contribution in [0.2, 0.25) is 0 Å². The van der Waals surface area contributed by atoms with Gasteiger partial charge in [0.25, 0.3) is 10.0 Å². The van der Waals surface area contributed by atoms with Crippen LogP contribution in [0.5, 0.6) is 11.5 Å². The van der Waals surface area contributed by atoms with E-state index in [0.29, 0.717) is 17.9 Å². The number of carbonyl (C=O) groups is 2. The fourth-order valence-electron chi connectivity index (χ4n) is 5.10. The number of benzene rings is 3. The predicted octanol–water partition coefficient (Wildman–Crippen LogP) is 5.55. The predicted molar refractivity (Wildman–Crippen MR) is 174 cm³/mol. The molecule has 3 rings (SSSR count). The van der Waals surface area contributed by atoms with Crippen molar-refractivity contribution in [2.24, 2.45) is 0 Å². The molecule has 0 bridgehead atoms. The number of carbonyl (C=O) groups excluding carboxylic acids is 2. The summed E-state index contributed by atoms with van der Waals surface area (Å²) in [7, 11) is -1.38. The van der Waals surface area contributed by atoms with Gasteiger partial charge in [0.2, 0.25) is 11.8 Å². The normalized spacial score (nSPS) is 12.6. The van der Waals surface area contributed by atoms with E-state index in [1.165, 1.54) is 37.3 Å². The summed E-state index contributed by atoms with van der Waals surface area (Å²) in [6.07, 6.45) is 1.09. The number of hydrogen-bond donors (Lipinski definition) is 1. The molecule has 0 aliphatic rings. The fourth-order valence-corrected chi connectivity index (χ4v) is 6.51. The van der Waals surface area contributed by atoms with Gasteiger partial charge in [0.15, 0.2) is 11.5 Å². The van der Waals surface area contributed by atoms with Gasteiger partial charge in [-0.2, -0.15) is 0 Å². The molecule has 0 fully saturated rings. The van der Waals surface area contributed by atoms with E-state index in [1.54, 1.807) is 12.1 Å². The monoisotopic (exact) mass is 623 g/mol. The highest BCUT2D eigenvalue weighted by Crippen LogP contribution is 2.33. The van der Waals surface area contributed by atoms with Gasteiger partial charge in [-0.3, -0.25) is 13.9 Å². The van der Waals surface area contributed by atoms with Gasteiger partial charge < -0.3 is 19.7 Å². The zero-order valence-electron chi connectivity index (χ0n) is 27.0. The van der Waals surface area contributed by atoms with Gasteiger partial charge in [0, 0.05) is 18.7 Å². The summed E-state index contributed by atoms with van der Waals surface area (Å²) in [6.45, 7) is 11.1. The molecule has 2 amide bonds. The number of ether oxygens (including phenoxy) is 2. The van der Waals surface area contributed by atoms with Gasteiger partial charge >= 0.3 is 0 Å². The van der Waals surface area contributed by atoms with Gasteiger partial charge in [0.05, 0.1) is 24.8 Å². The number of hydrogen-bond acceptors (Lipinski definition) is 6. The van der Waals surface area contributed by atoms with Crippen LogP contribution in [0.4, 0.5) is 5.69 Å². The Kier molecular flexibility index (Phi) is 11.8. The van der Waals surface area contributed by atoms with Gasteiger partial charge in [-0.1, -0.05) is 49.7 Å². The molecule has 9 nitrogen and oxygen atoms in total. The number of nitrogens with zero attached hydrogens (tertiary/aromatic N) is 2. The SMILES string of the molecule is CC[C@H](C)NC(=O)[C@H](CC)N(Cc1cccc(C)c1)C(=O)CN(c1cc(C)cc(C)c1)S(=O)(=O)c1ccc(OC)c(OC)c1. The molecular formula is C34H45N3O6S. The van der Waals surface area contributed by atoms with Crippen molar-refractivity contribution in [3.8, 4) is 11.5 Å². The smallest absolute Gasteiger partial charge is 0.264 e. The molecule has 10 heteroatoms. The quantitative estimate of drug-likeness (QED) is 0.253. The second-order valence-corrected chi connectivity index (χ2v) is 13.0. The standard InChI is InChI=1S/C34H45N3O6S/c1-9-26(6)35-34(39)30(10-2)36(21-27-13-11-12-23(3)17-27)33(38)22-37(28-18-24(4)16-25(5)19-28)44(40,41)29-14-15-31(42-7)32(20-29)43-8/h11-20,26,30H,9-10,21-22H2,1-8H3,(H,35,39)/t26-,30-/m0/s1. The molecule has 3 aromatic rings. The molecule has 0 spiro atoms. The number of rotatable bonds is 14. The third kappa shape index (κ3) is 8.31. The lowest BCUT2D eigenvalue weighted by Crippen LogP contribution is -2.53. The number of amides is 2. The summed E-state index contributed by atoms with van der Waals surface area (Å²) < 4.78 is 40.4. The van der Waals surface area contributed by atoms with Gasteiger partial charge in [-0.15, -0.1) is 0 Å². The second kappa shape index (κ2) is 15.1. The Bertz CT molecular complexity index is 1550. The van der Waals surface area contributed by atoms with Crippen molar-refractivity contribution in [1.29, 1.82) is 0 Å². The molecule has 0 heterocycles. The highest BCUT2D eigenvalue weighted by Gasteiger charge is 2.34. The van der Waals surface area contributed by atoms with E-state index in [2.05, 4.69) is 5.32 Å². The maximum absolute atomic E-state index is 14.3. The summed E-state index contributed by atoms with van der Waals surface area (Å²) in [5.74, 6) is -0.151. The van der Waals surface area contributed by atoms with Crippen molar-refractivity contribution in [3.05, 3.63) is 82.9 Å². The van der Waals surface area contributed by atoms with Gasteiger partial charge in [-0.05, 0) is 81.5 Å².